The maximum Gasteiger partial charge on any atom is 0.224 e. The second-order valence-electron chi connectivity index (χ2n) is 7.77. The number of carbonyl (C=O) groups excluding carboxylic acids is 1. The highest BCUT2D eigenvalue weighted by molar-refractivity contribution is 5.76. The number of ether oxygens (including phenoxy) is 3. The van der Waals surface area contributed by atoms with Crippen LogP contribution in [-0.4, -0.2) is 69.8 Å². The molecule has 1 atom stereocenters. The molecule has 3 rings (SSSR count). The van der Waals surface area contributed by atoms with E-state index in [0.29, 0.717) is 13.0 Å². The van der Waals surface area contributed by atoms with Gasteiger partial charge in [0.2, 0.25) is 5.91 Å². The Hall–Kier alpha value is -1.79. The molecule has 1 amide bonds. The van der Waals surface area contributed by atoms with E-state index in [1.54, 1.807) is 21.3 Å². The quantitative estimate of drug-likeness (QED) is 0.732. The first-order valence-corrected chi connectivity index (χ1v) is 9.80. The van der Waals surface area contributed by atoms with E-state index in [4.69, 9.17) is 14.2 Å². The molecule has 0 bridgehead atoms. The molecule has 1 spiro atoms. The van der Waals surface area contributed by atoms with Crippen LogP contribution in [0.2, 0.25) is 0 Å². The highest BCUT2D eigenvalue weighted by atomic mass is 16.5. The number of benzene rings is 1. The summed E-state index contributed by atoms with van der Waals surface area (Å²) in [6.07, 6.45) is 3.95. The molecule has 6 nitrogen and oxygen atoms in total. The minimum atomic E-state index is 0.223. The highest BCUT2D eigenvalue weighted by Gasteiger charge is 2.42. The molecule has 2 fully saturated rings. The van der Waals surface area contributed by atoms with Crippen molar-refractivity contribution in [3.63, 3.8) is 0 Å². The number of hydrogen-bond acceptors (Lipinski definition) is 5. The topological polar surface area (TPSA) is 51.2 Å². The van der Waals surface area contributed by atoms with Crippen molar-refractivity contribution in [1.82, 2.24) is 9.80 Å². The molecule has 2 heterocycles. The Morgan fingerprint density at radius 3 is 2.70 bits per heavy atom. The summed E-state index contributed by atoms with van der Waals surface area (Å²) >= 11 is 0. The first-order chi connectivity index (χ1) is 13.1. The number of hydrogen-bond donors (Lipinski definition) is 0. The smallest absolute Gasteiger partial charge is 0.224 e. The Labute approximate surface area is 162 Å². The predicted octanol–water partition coefficient (Wildman–Crippen LogP) is 2.55. The fraction of sp³-hybridized carbons (Fsp3) is 0.667. The monoisotopic (exact) mass is 376 g/mol. The van der Waals surface area contributed by atoms with Gasteiger partial charge in [0, 0.05) is 44.3 Å². The third kappa shape index (κ3) is 4.55. The van der Waals surface area contributed by atoms with Crippen LogP contribution in [0.1, 0.15) is 31.2 Å². The van der Waals surface area contributed by atoms with Crippen molar-refractivity contribution >= 4 is 5.91 Å². The van der Waals surface area contributed by atoms with Gasteiger partial charge in [-0.05, 0) is 31.9 Å². The van der Waals surface area contributed by atoms with Crippen molar-refractivity contribution in [1.29, 1.82) is 0 Å². The third-order valence-electron chi connectivity index (χ3n) is 5.93. The van der Waals surface area contributed by atoms with Crippen LogP contribution in [-0.2, 0) is 16.1 Å². The number of para-hydroxylation sites is 1. The maximum absolute atomic E-state index is 12.4. The minimum absolute atomic E-state index is 0.223. The summed E-state index contributed by atoms with van der Waals surface area (Å²) in [7, 11) is 5.01. The molecule has 6 heteroatoms. The van der Waals surface area contributed by atoms with Crippen molar-refractivity contribution in [2.24, 2.45) is 5.41 Å². The van der Waals surface area contributed by atoms with E-state index in [-0.39, 0.29) is 11.3 Å². The molecule has 150 valence electrons. The van der Waals surface area contributed by atoms with Crippen molar-refractivity contribution in [3.05, 3.63) is 23.8 Å². The minimum Gasteiger partial charge on any atom is -0.493 e. The molecule has 2 aliphatic heterocycles. The zero-order valence-electron chi connectivity index (χ0n) is 16.8. The van der Waals surface area contributed by atoms with Crippen LogP contribution in [0, 0.1) is 5.41 Å². The number of amides is 1. The molecule has 2 aliphatic rings. The molecule has 0 aromatic heterocycles. The van der Waals surface area contributed by atoms with Crippen LogP contribution in [0.4, 0.5) is 0 Å². The summed E-state index contributed by atoms with van der Waals surface area (Å²) in [5, 5.41) is 0. The van der Waals surface area contributed by atoms with Crippen molar-refractivity contribution in [2.45, 2.75) is 32.2 Å². The second-order valence-corrected chi connectivity index (χ2v) is 7.77. The molecule has 1 aromatic rings. The predicted molar refractivity (Wildman–Crippen MR) is 104 cm³/mol. The number of rotatable bonds is 7. The summed E-state index contributed by atoms with van der Waals surface area (Å²) in [6, 6.07) is 6.06. The van der Waals surface area contributed by atoms with E-state index >= 15 is 0 Å². The Balaban J connectivity index is 1.64. The molecular formula is C21H32N2O4. The largest absolute Gasteiger partial charge is 0.493 e. The number of nitrogens with zero attached hydrogens (tertiary/aromatic N) is 2. The molecule has 0 N–H and O–H groups in total. The Morgan fingerprint density at radius 1 is 1.11 bits per heavy atom. The van der Waals surface area contributed by atoms with E-state index in [0.717, 1.165) is 56.2 Å². The third-order valence-corrected chi connectivity index (χ3v) is 5.93. The normalized spacial score (nSPS) is 23.0. The van der Waals surface area contributed by atoms with E-state index in [1.807, 2.05) is 17.0 Å². The fourth-order valence-corrected chi connectivity index (χ4v) is 4.59. The summed E-state index contributed by atoms with van der Waals surface area (Å²) in [5.74, 6) is 1.82. The number of likely N-dealkylation sites (tertiary alicyclic amines) is 2. The van der Waals surface area contributed by atoms with Gasteiger partial charge in [0.15, 0.2) is 11.5 Å². The van der Waals surface area contributed by atoms with Crippen molar-refractivity contribution in [2.75, 3.05) is 54.1 Å². The molecule has 0 radical (unpaired) electrons. The Bertz CT molecular complexity index is 651. The van der Waals surface area contributed by atoms with E-state index in [2.05, 4.69) is 11.0 Å². The average molecular weight is 376 g/mol. The van der Waals surface area contributed by atoms with Gasteiger partial charge in [-0.2, -0.15) is 0 Å². The maximum atomic E-state index is 12.4. The molecule has 0 saturated carbocycles. The van der Waals surface area contributed by atoms with Gasteiger partial charge in [-0.15, -0.1) is 0 Å². The van der Waals surface area contributed by atoms with Gasteiger partial charge in [0.1, 0.15) is 0 Å². The molecule has 0 aliphatic carbocycles. The SMILES string of the molecule is COCCC(=O)N1CC[C@]2(CCCN(Cc3cccc(OC)c3OC)C2)C1. The van der Waals surface area contributed by atoms with Gasteiger partial charge in [-0.25, -0.2) is 0 Å². The lowest BCUT2D eigenvalue weighted by atomic mass is 9.79. The molecule has 1 aromatic carbocycles. The summed E-state index contributed by atoms with van der Waals surface area (Å²) < 4.78 is 16.1. The Morgan fingerprint density at radius 2 is 1.96 bits per heavy atom. The van der Waals surface area contributed by atoms with E-state index in [9.17, 15) is 4.79 Å². The number of piperidine rings is 1. The zero-order valence-corrected chi connectivity index (χ0v) is 16.8. The van der Waals surface area contributed by atoms with Gasteiger partial charge in [0.05, 0.1) is 27.2 Å². The average Bonchev–Trinajstić information content (AvgIpc) is 3.09. The molecule has 27 heavy (non-hydrogen) atoms. The van der Waals surface area contributed by atoms with Gasteiger partial charge in [-0.1, -0.05) is 12.1 Å². The molecule has 2 saturated heterocycles. The first kappa shape index (κ1) is 20.0. The fourth-order valence-electron chi connectivity index (χ4n) is 4.59. The van der Waals surface area contributed by atoms with E-state index in [1.165, 1.54) is 12.8 Å². The lowest BCUT2D eigenvalue weighted by Gasteiger charge is -2.40. The van der Waals surface area contributed by atoms with Crippen LogP contribution in [0.25, 0.3) is 0 Å². The lowest BCUT2D eigenvalue weighted by molar-refractivity contribution is -0.131. The molecular weight excluding hydrogens is 344 g/mol. The standard InChI is InChI=1S/C21H32N2O4/c1-25-13-8-19(24)23-12-10-21(16-23)9-5-11-22(15-21)14-17-6-4-7-18(26-2)20(17)27-3/h4,6-7H,5,8-16H2,1-3H3/t21-/m0/s1. The first-order valence-electron chi connectivity index (χ1n) is 9.80. The Kier molecular flexibility index (Phi) is 6.60. The van der Waals surface area contributed by atoms with Crippen LogP contribution < -0.4 is 9.47 Å². The zero-order chi connectivity index (χ0) is 19.3. The van der Waals surface area contributed by atoms with Crippen LogP contribution >= 0.6 is 0 Å². The van der Waals surface area contributed by atoms with Crippen LogP contribution in [0.3, 0.4) is 0 Å². The van der Waals surface area contributed by atoms with Gasteiger partial charge >= 0.3 is 0 Å². The molecule has 0 unspecified atom stereocenters. The lowest BCUT2D eigenvalue weighted by Crippen LogP contribution is -2.45. The van der Waals surface area contributed by atoms with Crippen LogP contribution in [0.5, 0.6) is 11.5 Å². The summed E-state index contributed by atoms with van der Waals surface area (Å²) in [6.45, 7) is 5.21. The highest BCUT2D eigenvalue weighted by Crippen LogP contribution is 2.40. The van der Waals surface area contributed by atoms with Crippen molar-refractivity contribution < 1.29 is 19.0 Å². The van der Waals surface area contributed by atoms with Crippen molar-refractivity contribution in [3.8, 4) is 11.5 Å². The van der Waals surface area contributed by atoms with Gasteiger partial charge in [0.25, 0.3) is 0 Å². The van der Waals surface area contributed by atoms with Gasteiger partial charge in [-0.3, -0.25) is 9.69 Å². The van der Waals surface area contributed by atoms with Crippen LogP contribution in [0.15, 0.2) is 18.2 Å². The second kappa shape index (κ2) is 8.93. The number of carbonyl (C=O) groups is 1. The summed E-state index contributed by atoms with van der Waals surface area (Å²) in [5.41, 5.74) is 1.38. The number of methoxy groups -OCH3 is 3. The van der Waals surface area contributed by atoms with Gasteiger partial charge < -0.3 is 19.1 Å². The summed E-state index contributed by atoms with van der Waals surface area (Å²) in [4.78, 5) is 16.9. The van der Waals surface area contributed by atoms with E-state index < -0.39 is 0 Å².